The summed E-state index contributed by atoms with van der Waals surface area (Å²) < 4.78 is 17.1. The van der Waals surface area contributed by atoms with E-state index in [0.717, 1.165) is 8.95 Å². The predicted molar refractivity (Wildman–Crippen MR) is 78.5 cm³/mol. The molecule has 0 aliphatic rings. The van der Waals surface area contributed by atoms with Gasteiger partial charge in [0.15, 0.2) is 0 Å². The second kappa shape index (κ2) is 5.02. The van der Waals surface area contributed by atoms with Crippen LogP contribution < -0.4 is 4.72 Å². The number of halogens is 2. The van der Waals surface area contributed by atoms with Gasteiger partial charge in [0.05, 0.1) is 4.90 Å². The van der Waals surface area contributed by atoms with Gasteiger partial charge < -0.3 is 0 Å². The number of nitrogens with one attached hydrogen (secondary N) is 1. The maximum Gasteiger partial charge on any atom is 0.119 e. The Labute approximate surface area is 118 Å². The zero-order chi connectivity index (χ0) is 12.6. The van der Waals surface area contributed by atoms with Gasteiger partial charge in [0.1, 0.15) is 8.68 Å². The van der Waals surface area contributed by atoms with Crippen molar-refractivity contribution in [2.75, 3.05) is 0 Å². The van der Waals surface area contributed by atoms with Crippen molar-refractivity contribution in [2.45, 2.75) is 31.2 Å². The molecule has 0 spiro atoms. The molecule has 1 unspecified atom stereocenters. The van der Waals surface area contributed by atoms with E-state index in [-0.39, 0.29) is 5.54 Å². The highest BCUT2D eigenvalue weighted by Crippen LogP contribution is 2.26. The highest BCUT2D eigenvalue weighted by molar-refractivity contribution is 9.13. The molecule has 0 aromatic heterocycles. The monoisotopic (exact) mass is 385 g/mol. The Kier molecular flexibility index (Phi) is 4.57. The molecule has 90 valence electrons. The highest BCUT2D eigenvalue weighted by atomic mass is 79.9. The van der Waals surface area contributed by atoms with Crippen LogP contribution in [0.3, 0.4) is 0 Å². The third-order valence-corrected chi connectivity index (χ3v) is 6.10. The lowest BCUT2D eigenvalue weighted by atomic mass is 10.1. The minimum atomic E-state index is -2.62. The minimum absolute atomic E-state index is 0.279. The molecular formula is C10H13Br2NOS2. The van der Waals surface area contributed by atoms with E-state index in [1.807, 2.05) is 26.8 Å². The molecular weight excluding hydrogens is 374 g/mol. The van der Waals surface area contributed by atoms with Crippen LogP contribution in [-0.2, 0) is 19.9 Å². The van der Waals surface area contributed by atoms with E-state index < -0.39 is 8.68 Å². The number of benzene rings is 1. The van der Waals surface area contributed by atoms with Crippen molar-refractivity contribution < 1.29 is 4.21 Å². The fourth-order valence-corrected chi connectivity index (χ4v) is 4.39. The summed E-state index contributed by atoms with van der Waals surface area (Å²) in [5.41, 5.74) is -0.279. The van der Waals surface area contributed by atoms with E-state index in [0.29, 0.717) is 4.90 Å². The molecule has 2 nitrogen and oxygen atoms in total. The molecule has 1 aromatic rings. The van der Waals surface area contributed by atoms with Crippen LogP contribution in [-0.4, -0.2) is 9.75 Å². The molecule has 1 atom stereocenters. The van der Waals surface area contributed by atoms with Gasteiger partial charge in [0, 0.05) is 25.7 Å². The molecule has 0 bridgehead atoms. The first kappa shape index (κ1) is 14.6. The molecule has 0 aliphatic carbocycles. The third kappa shape index (κ3) is 4.07. The molecule has 0 radical (unpaired) electrons. The van der Waals surface area contributed by atoms with Crippen LogP contribution >= 0.6 is 31.9 Å². The Morgan fingerprint density at radius 1 is 1.25 bits per heavy atom. The number of hydrogen-bond donors (Lipinski definition) is 1. The van der Waals surface area contributed by atoms with Crippen LogP contribution in [0.1, 0.15) is 20.8 Å². The van der Waals surface area contributed by atoms with E-state index in [9.17, 15) is 4.21 Å². The molecule has 6 heteroatoms. The minimum Gasteiger partial charge on any atom is -0.236 e. The summed E-state index contributed by atoms with van der Waals surface area (Å²) in [6.07, 6.45) is 0. The van der Waals surface area contributed by atoms with Crippen LogP contribution in [0.25, 0.3) is 0 Å². The van der Waals surface area contributed by atoms with Gasteiger partial charge in [-0.25, -0.2) is 8.93 Å². The molecule has 0 amide bonds. The van der Waals surface area contributed by atoms with Crippen molar-refractivity contribution in [3.05, 3.63) is 27.1 Å². The molecule has 0 heterocycles. The average Bonchev–Trinajstić information content (AvgIpc) is 2.05. The third-order valence-electron chi connectivity index (χ3n) is 1.64. The fourth-order valence-electron chi connectivity index (χ4n) is 1.11. The summed E-state index contributed by atoms with van der Waals surface area (Å²) in [7, 11) is -2.62. The van der Waals surface area contributed by atoms with E-state index in [1.54, 1.807) is 12.1 Å². The Morgan fingerprint density at radius 2 is 1.81 bits per heavy atom. The summed E-state index contributed by atoms with van der Waals surface area (Å²) >= 11 is 11.9. The SMILES string of the molecule is CC(C)(C)NS(=O)(=S)c1ccc(Br)c(Br)c1. The molecule has 0 fully saturated rings. The first-order chi connectivity index (χ1) is 7.12. The van der Waals surface area contributed by atoms with Crippen molar-refractivity contribution in [1.82, 2.24) is 4.72 Å². The van der Waals surface area contributed by atoms with Crippen LogP contribution in [0, 0.1) is 0 Å². The topological polar surface area (TPSA) is 29.1 Å². The van der Waals surface area contributed by atoms with Gasteiger partial charge in [-0.05, 0) is 70.8 Å². The Morgan fingerprint density at radius 3 is 2.25 bits per heavy atom. The second-order valence-electron chi connectivity index (χ2n) is 4.43. The molecule has 0 saturated heterocycles. The van der Waals surface area contributed by atoms with E-state index >= 15 is 0 Å². The Hall–Kier alpha value is 0.510. The standard InChI is InChI=1S/C10H13Br2NOS2/c1-10(2,3)13-16(14,15)7-4-5-8(11)9(12)6-7/h4-6,13H,1-3H3. The van der Waals surface area contributed by atoms with Crippen molar-refractivity contribution >= 4 is 51.7 Å². The summed E-state index contributed by atoms with van der Waals surface area (Å²) in [6, 6.07) is 5.37. The summed E-state index contributed by atoms with van der Waals surface area (Å²) in [5, 5.41) is 0. The summed E-state index contributed by atoms with van der Waals surface area (Å²) in [6.45, 7) is 5.81. The van der Waals surface area contributed by atoms with Gasteiger partial charge in [0.25, 0.3) is 0 Å². The lowest BCUT2D eigenvalue weighted by Gasteiger charge is -2.22. The van der Waals surface area contributed by atoms with Crippen molar-refractivity contribution in [3.63, 3.8) is 0 Å². The van der Waals surface area contributed by atoms with E-state index in [4.69, 9.17) is 11.2 Å². The van der Waals surface area contributed by atoms with Gasteiger partial charge in [-0.15, -0.1) is 0 Å². The molecule has 1 N–H and O–H groups in total. The number of hydrogen-bond acceptors (Lipinski definition) is 2. The van der Waals surface area contributed by atoms with Crippen molar-refractivity contribution in [3.8, 4) is 0 Å². The molecule has 0 aliphatic heterocycles. The molecule has 16 heavy (non-hydrogen) atoms. The van der Waals surface area contributed by atoms with Crippen molar-refractivity contribution in [2.24, 2.45) is 0 Å². The Bertz CT molecular complexity index is 492. The maximum atomic E-state index is 12.3. The van der Waals surface area contributed by atoms with Crippen LogP contribution in [0.15, 0.2) is 32.0 Å². The highest BCUT2D eigenvalue weighted by Gasteiger charge is 2.19. The zero-order valence-corrected chi connectivity index (χ0v) is 14.0. The fraction of sp³-hybridized carbons (Fsp3) is 0.400. The first-order valence-corrected chi connectivity index (χ1v) is 8.68. The van der Waals surface area contributed by atoms with Crippen LogP contribution in [0.5, 0.6) is 0 Å². The van der Waals surface area contributed by atoms with Gasteiger partial charge >= 0.3 is 0 Å². The van der Waals surface area contributed by atoms with Crippen LogP contribution in [0.2, 0.25) is 0 Å². The largest absolute Gasteiger partial charge is 0.236 e. The van der Waals surface area contributed by atoms with E-state index in [2.05, 4.69) is 36.6 Å². The van der Waals surface area contributed by atoms with E-state index in [1.165, 1.54) is 0 Å². The van der Waals surface area contributed by atoms with Crippen LogP contribution in [0.4, 0.5) is 0 Å². The average molecular weight is 387 g/mol. The van der Waals surface area contributed by atoms with Gasteiger partial charge in [0.2, 0.25) is 0 Å². The smallest absolute Gasteiger partial charge is 0.119 e. The lowest BCUT2D eigenvalue weighted by molar-refractivity contribution is 0.519. The molecule has 0 saturated carbocycles. The van der Waals surface area contributed by atoms with Gasteiger partial charge in [-0.1, -0.05) is 0 Å². The van der Waals surface area contributed by atoms with Gasteiger partial charge in [-0.2, -0.15) is 0 Å². The Balaban J connectivity index is 3.13. The zero-order valence-electron chi connectivity index (χ0n) is 9.21. The summed E-state index contributed by atoms with van der Waals surface area (Å²) in [5.74, 6) is 0. The quantitative estimate of drug-likeness (QED) is 0.840. The van der Waals surface area contributed by atoms with Crippen molar-refractivity contribution in [1.29, 1.82) is 0 Å². The molecule has 1 aromatic carbocycles. The summed E-state index contributed by atoms with van der Waals surface area (Å²) in [4.78, 5) is 0.618. The normalized spacial score (nSPS) is 15.8. The maximum absolute atomic E-state index is 12.3. The predicted octanol–water partition coefficient (Wildman–Crippen LogP) is 3.62. The lowest BCUT2D eigenvalue weighted by Crippen LogP contribution is -2.39. The van der Waals surface area contributed by atoms with Gasteiger partial charge in [-0.3, -0.25) is 0 Å². The number of rotatable bonds is 2. The first-order valence-electron chi connectivity index (χ1n) is 4.61. The molecule has 1 rings (SSSR count). The second-order valence-corrected chi connectivity index (χ2v) is 9.23.